The Morgan fingerprint density at radius 2 is 1.68 bits per heavy atom. The molecule has 3 nitrogen and oxygen atoms in total. The van der Waals surface area contributed by atoms with Gasteiger partial charge in [0.1, 0.15) is 5.75 Å². The number of aromatic nitrogens is 1. The predicted molar refractivity (Wildman–Crippen MR) is 79.4 cm³/mol. The van der Waals surface area contributed by atoms with E-state index in [9.17, 15) is 0 Å². The van der Waals surface area contributed by atoms with Crippen LogP contribution in [0.2, 0.25) is 0 Å². The van der Waals surface area contributed by atoms with Crippen LogP contribution >= 0.6 is 0 Å². The number of hydrogen-bond donors (Lipinski definition) is 1. The Morgan fingerprint density at radius 1 is 1.05 bits per heavy atom. The molecule has 1 unspecified atom stereocenters. The third kappa shape index (κ3) is 2.75. The van der Waals surface area contributed by atoms with Crippen molar-refractivity contribution in [1.29, 1.82) is 0 Å². The SMILES string of the molecule is COc1cc(C)ccc1C(C)Nn1c(C)ccc1C. The number of benzene rings is 1. The summed E-state index contributed by atoms with van der Waals surface area (Å²) in [4.78, 5) is 0. The molecule has 0 aliphatic carbocycles. The number of hydrogen-bond acceptors (Lipinski definition) is 2. The topological polar surface area (TPSA) is 26.2 Å². The highest BCUT2D eigenvalue weighted by Gasteiger charge is 2.12. The van der Waals surface area contributed by atoms with Gasteiger partial charge in [0.05, 0.1) is 13.2 Å². The molecular formula is C16H22N2O. The lowest BCUT2D eigenvalue weighted by atomic mass is 10.1. The summed E-state index contributed by atoms with van der Waals surface area (Å²) in [6.07, 6.45) is 0. The minimum Gasteiger partial charge on any atom is -0.496 e. The second-order valence-corrected chi connectivity index (χ2v) is 5.05. The molecule has 0 amide bonds. The van der Waals surface area contributed by atoms with Crippen LogP contribution in [0.3, 0.4) is 0 Å². The second kappa shape index (κ2) is 5.39. The molecule has 0 aliphatic rings. The zero-order valence-corrected chi connectivity index (χ0v) is 12.3. The molecule has 0 spiro atoms. The number of ether oxygens (including phenoxy) is 1. The number of methoxy groups -OCH3 is 1. The zero-order valence-electron chi connectivity index (χ0n) is 12.3. The summed E-state index contributed by atoms with van der Waals surface area (Å²) in [5.74, 6) is 0.933. The molecule has 0 saturated heterocycles. The third-order valence-corrected chi connectivity index (χ3v) is 3.45. The molecule has 1 aromatic heterocycles. The van der Waals surface area contributed by atoms with E-state index in [1.807, 2.05) is 0 Å². The van der Waals surface area contributed by atoms with Crippen molar-refractivity contribution in [2.24, 2.45) is 0 Å². The average molecular weight is 258 g/mol. The quantitative estimate of drug-likeness (QED) is 0.904. The first-order valence-corrected chi connectivity index (χ1v) is 6.59. The largest absolute Gasteiger partial charge is 0.496 e. The molecule has 0 fully saturated rings. The van der Waals surface area contributed by atoms with Gasteiger partial charge in [-0.15, -0.1) is 0 Å². The first-order valence-electron chi connectivity index (χ1n) is 6.59. The molecule has 2 aromatic rings. The van der Waals surface area contributed by atoms with Gasteiger partial charge >= 0.3 is 0 Å². The van der Waals surface area contributed by atoms with Gasteiger partial charge < -0.3 is 10.2 Å². The van der Waals surface area contributed by atoms with E-state index in [4.69, 9.17) is 4.74 Å². The van der Waals surface area contributed by atoms with Crippen LogP contribution in [-0.2, 0) is 0 Å². The second-order valence-electron chi connectivity index (χ2n) is 5.05. The molecule has 2 rings (SSSR count). The predicted octanol–water partition coefficient (Wildman–Crippen LogP) is 3.73. The average Bonchev–Trinajstić information content (AvgIpc) is 2.70. The molecule has 1 heterocycles. The minimum atomic E-state index is 0.181. The lowest BCUT2D eigenvalue weighted by molar-refractivity contribution is 0.406. The first kappa shape index (κ1) is 13.5. The smallest absolute Gasteiger partial charge is 0.124 e. The molecular weight excluding hydrogens is 236 g/mol. The monoisotopic (exact) mass is 258 g/mol. The first-order chi connectivity index (χ1) is 9.02. The van der Waals surface area contributed by atoms with Gasteiger partial charge in [0, 0.05) is 17.0 Å². The van der Waals surface area contributed by atoms with Gasteiger partial charge in [0.2, 0.25) is 0 Å². The summed E-state index contributed by atoms with van der Waals surface area (Å²) >= 11 is 0. The fourth-order valence-corrected chi connectivity index (χ4v) is 2.31. The molecule has 1 atom stereocenters. The van der Waals surface area contributed by atoms with Crippen molar-refractivity contribution in [2.75, 3.05) is 12.5 Å². The maximum Gasteiger partial charge on any atom is 0.124 e. The summed E-state index contributed by atoms with van der Waals surface area (Å²) in [6, 6.07) is 10.7. The molecule has 102 valence electrons. The molecule has 19 heavy (non-hydrogen) atoms. The van der Waals surface area contributed by atoms with Gasteiger partial charge in [-0.25, -0.2) is 0 Å². The van der Waals surface area contributed by atoms with Crippen LogP contribution < -0.4 is 10.2 Å². The van der Waals surface area contributed by atoms with E-state index in [1.54, 1.807) is 7.11 Å². The number of rotatable bonds is 4. The van der Waals surface area contributed by atoms with Crippen LogP contribution in [0.4, 0.5) is 0 Å². The van der Waals surface area contributed by atoms with Crippen LogP contribution in [0, 0.1) is 20.8 Å². The van der Waals surface area contributed by atoms with E-state index in [-0.39, 0.29) is 6.04 Å². The number of nitrogens with zero attached hydrogens (tertiary/aromatic N) is 1. The highest BCUT2D eigenvalue weighted by atomic mass is 16.5. The highest BCUT2D eigenvalue weighted by molar-refractivity contribution is 5.40. The normalized spacial score (nSPS) is 12.3. The Hall–Kier alpha value is -1.90. The summed E-state index contributed by atoms with van der Waals surface area (Å²) in [6.45, 7) is 8.41. The molecule has 0 aliphatic heterocycles. The van der Waals surface area contributed by atoms with E-state index in [0.29, 0.717) is 0 Å². The van der Waals surface area contributed by atoms with Crippen LogP contribution in [0.15, 0.2) is 30.3 Å². The minimum absolute atomic E-state index is 0.181. The molecule has 3 heteroatoms. The lowest BCUT2D eigenvalue weighted by Crippen LogP contribution is -2.21. The Morgan fingerprint density at radius 3 is 2.26 bits per heavy atom. The van der Waals surface area contributed by atoms with E-state index in [2.05, 4.69) is 68.1 Å². The summed E-state index contributed by atoms with van der Waals surface area (Å²) in [7, 11) is 1.72. The van der Waals surface area contributed by atoms with Gasteiger partial charge in [-0.1, -0.05) is 12.1 Å². The molecule has 1 aromatic carbocycles. The zero-order chi connectivity index (χ0) is 14.0. The van der Waals surface area contributed by atoms with Crippen molar-refractivity contribution in [3.63, 3.8) is 0 Å². The van der Waals surface area contributed by atoms with Crippen LogP contribution in [-0.4, -0.2) is 11.8 Å². The van der Waals surface area contributed by atoms with E-state index < -0.39 is 0 Å². The standard InChI is InChI=1S/C16H22N2O/c1-11-6-9-15(16(10-11)19-5)14(4)17-18-12(2)7-8-13(18)3/h6-10,14,17H,1-5H3. The van der Waals surface area contributed by atoms with E-state index in [0.717, 1.165) is 5.75 Å². The highest BCUT2D eigenvalue weighted by Crippen LogP contribution is 2.27. The fourth-order valence-electron chi connectivity index (χ4n) is 2.31. The fraction of sp³-hybridized carbons (Fsp3) is 0.375. The Labute approximate surface area is 115 Å². The van der Waals surface area contributed by atoms with Gasteiger partial charge in [-0.2, -0.15) is 0 Å². The number of aryl methyl sites for hydroxylation is 3. The number of nitrogens with one attached hydrogen (secondary N) is 1. The third-order valence-electron chi connectivity index (χ3n) is 3.45. The molecule has 0 bridgehead atoms. The van der Waals surface area contributed by atoms with Crippen molar-refractivity contribution in [2.45, 2.75) is 33.7 Å². The van der Waals surface area contributed by atoms with Crippen molar-refractivity contribution in [3.8, 4) is 5.75 Å². The summed E-state index contributed by atoms with van der Waals surface area (Å²) < 4.78 is 7.59. The Kier molecular flexibility index (Phi) is 3.84. The maximum atomic E-state index is 5.48. The van der Waals surface area contributed by atoms with Crippen molar-refractivity contribution < 1.29 is 4.74 Å². The van der Waals surface area contributed by atoms with Gasteiger partial charge in [0.15, 0.2) is 0 Å². The molecule has 0 radical (unpaired) electrons. The van der Waals surface area contributed by atoms with Gasteiger partial charge in [-0.05, 0) is 51.5 Å². The summed E-state index contributed by atoms with van der Waals surface area (Å²) in [5, 5.41) is 0. The molecule has 0 saturated carbocycles. The van der Waals surface area contributed by atoms with Gasteiger partial charge in [-0.3, -0.25) is 4.68 Å². The Balaban J connectivity index is 2.27. The van der Waals surface area contributed by atoms with Crippen LogP contribution in [0.1, 0.15) is 35.5 Å². The molecule has 1 N–H and O–H groups in total. The van der Waals surface area contributed by atoms with Gasteiger partial charge in [0.25, 0.3) is 0 Å². The van der Waals surface area contributed by atoms with E-state index in [1.165, 1.54) is 22.5 Å². The lowest BCUT2D eigenvalue weighted by Gasteiger charge is -2.21. The van der Waals surface area contributed by atoms with Crippen molar-refractivity contribution in [3.05, 3.63) is 52.8 Å². The van der Waals surface area contributed by atoms with Crippen molar-refractivity contribution >= 4 is 0 Å². The van der Waals surface area contributed by atoms with Crippen molar-refractivity contribution in [1.82, 2.24) is 4.68 Å². The maximum absolute atomic E-state index is 5.48. The van der Waals surface area contributed by atoms with E-state index >= 15 is 0 Å². The summed E-state index contributed by atoms with van der Waals surface area (Å²) in [5.41, 5.74) is 8.29. The van der Waals surface area contributed by atoms with Crippen LogP contribution in [0.5, 0.6) is 5.75 Å². The Bertz CT molecular complexity index is 553. The van der Waals surface area contributed by atoms with Crippen LogP contribution in [0.25, 0.3) is 0 Å².